The van der Waals surface area contributed by atoms with Gasteiger partial charge in [-0.2, -0.15) is 0 Å². The highest BCUT2D eigenvalue weighted by Gasteiger charge is 2.16. The van der Waals surface area contributed by atoms with Crippen LogP contribution in [-0.4, -0.2) is 29.9 Å². The number of hydrogen-bond donors (Lipinski definition) is 2. The molecular formula is C17H23ClN4O. The van der Waals surface area contributed by atoms with E-state index in [4.69, 9.17) is 16.3 Å². The van der Waals surface area contributed by atoms with Crippen LogP contribution < -0.4 is 15.4 Å². The Morgan fingerprint density at radius 3 is 2.96 bits per heavy atom. The van der Waals surface area contributed by atoms with Crippen LogP contribution in [-0.2, 0) is 6.54 Å². The number of likely N-dealkylation sites (N-methyl/N-ethyl adjacent to an activating group) is 1. The van der Waals surface area contributed by atoms with E-state index in [-0.39, 0.29) is 6.04 Å². The van der Waals surface area contributed by atoms with Gasteiger partial charge in [-0.1, -0.05) is 18.5 Å². The van der Waals surface area contributed by atoms with Crippen molar-refractivity contribution in [1.29, 1.82) is 0 Å². The van der Waals surface area contributed by atoms with Crippen LogP contribution in [0.5, 0.6) is 5.88 Å². The van der Waals surface area contributed by atoms with E-state index in [0.29, 0.717) is 24.2 Å². The van der Waals surface area contributed by atoms with Crippen LogP contribution in [0, 0.1) is 6.92 Å². The quantitative estimate of drug-likeness (QED) is 0.805. The van der Waals surface area contributed by atoms with E-state index in [2.05, 4.69) is 33.6 Å². The van der Waals surface area contributed by atoms with Crippen molar-refractivity contribution in [1.82, 2.24) is 15.6 Å². The van der Waals surface area contributed by atoms with Crippen molar-refractivity contribution in [2.75, 3.05) is 13.7 Å². The maximum absolute atomic E-state index is 6.15. The predicted molar refractivity (Wildman–Crippen MR) is 95.0 cm³/mol. The number of nitrogens with zero attached hydrogens (tertiary/aromatic N) is 2. The van der Waals surface area contributed by atoms with E-state index in [9.17, 15) is 0 Å². The summed E-state index contributed by atoms with van der Waals surface area (Å²) in [6.45, 7) is 5.44. The predicted octanol–water partition coefficient (Wildman–Crippen LogP) is 2.90. The van der Waals surface area contributed by atoms with Gasteiger partial charge in [-0.15, -0.1) is 0 Å². The fraction of sp³-hybridized carbons (Fsp3) is 0.412. The van der Waals surface area contributed by atoms with Crippen LogP contribution >= 0.6 is 11.6 Å². The summed E-state index contributed by atoms with van der Waals surface area (Å²) in [6.07, 6.45) is 8.37. The van der Waals surface area contributed by atoms with Crippen LogP contribution in [0.1, 0.15) is 24.5 Å². The Kier molecular flexibility index (Phi) is 6.62. The molecule has 0 aromatic carbocycles. The van der Waals surface area contributed by atoms with Crippen LogP contribution in [0.3, 0.4) is 0 Å². The molecular weight excluding hydrogens is 312 g/mol. The summed E-state index contributed by atoms with van der Waals surface area (Å²) in [4.78, 5) is 8.48. The molecule has 1 atom stereocenters. The van der Waals surface area contributed by atoms with E-state index >= 15 is 0 Å². The third-order valence-corrected chi connectivity index (χ3v) is 3.76. The molecule has 0 radical (unpaired) electrons. The Morgan fingerprint density at radius 2 is 2.26 bits per heavy atom. The van der Waals surface area contributed by atoms with Crippen LogP contribution in [0.4, 0.5) is 0 Å². The highest BCUT2D eigenvalue weighted by Crippen LogP contribution is 2.16. The summed E-state index contributed by atoms with van der Waals surface area (Å²) < 4.78 is 5.59. The van der Waals surface area contributed by atoms with Crippen LogP contribution in [0.15, 0.2) is 41.3 Å². The minimum absolute atomic E-state index is 0.0668. The van der Waals surface area contributed by atoms with Gasteiger partial charge in [0, 0.05) is 36.3 Å². The Bertz CT molecular complexity index is 625. The first kappa shape index (κ1) is 17.5. The van der Waals surface area contributed by atoms with Crippen molar-refractivity contribution in [2.24, 2.45) is 4.99 Å². The van der Waals surface area contributed by atoms with Gasteiger partial charge < -0.3 is 15.4 Å². The van der Waals surface area contributed by atoms with Crippen molar-refractivity contribution in [3.8, 4) is 5.88 Å². The summed E-state index contributed by atoms with van der Waals surface area (Å²) in [6, 6.07) is 2.15. The first-order valence-corrected chi connectivity index (χ1v) is 8.12. The minimum atomic E-state index is 0.0668. The minimum Gasteiger partial charge on any atom is -0.477 e. The van der Waals surface area contributed by atoms with Crippen molar-refractivity contribution >= 4 is 16.8 Å². The lowest BCUT2D eigenvalue weighted by Gasteiger charge is -2.18. The second-order valence-corrected chi connectivity index (χ2v) is 5.68. The van der Waals surface area contributed by atoms with Gasteiger partial charge in [-0.25, -0.2) is 9.98 Å². The Morgan fingerprint density at radius 1 is 1.43 bits per heavy atom. The number of halogens is 1. The standard InChI is InChI=1S/C17H23ClN4O/c1-4-7-23-17-12(2)8-13(10-22-17)9-20-11-14-15(19-3)5-6-21-16(14)18/h5-6,8,10-11,15,19-20H,4,7,9H2,1-3H3/b14-11+. The van der Waals surface area contributed by atoms with Gasteiger partial charge in [-0.3, -0.25) is 0 Å². The van der Waals surface area contributed by atoms with E-state index in [1.54, 1.807) is 6.20 Å². The number of hydrogen-bond acceptors (Lipinski definition) is 5. The molecule has 0 bridgehead atoms. The fourth-order valence-electron chi connectivity index (χ4n) is 2.25. The molecule has 23 heavy (non-hydrogen) atoms. The van der Waals surface area contributed by atoms with Gasteiger partial charge in [0.1, 0.15) is 5.17 Å². The third kappa shape index (κ3) is 4.81. The van der Waals surface area contributed by atoms with Gasteiger partial charge in [0.05, 0.1) is 12.6 Å². The molecule has 0 saturated carbocycles. The third-order valence-electron chi connectivity index (χ3n) is 3.44. The number of ether oxygens (including phenoxy) is 1. The van der Waals surface area contributed by atoms with Crippen molar-refractivity contribution in [3.05, 3.63) is 47.4 Å². The molecule has 5 nitrogen and oxygen atoms in total. The summed E-state index contributed by atoms with van der Waals surface area (Å²) in [5.41, 5.74) is 3.05. The average molecular weight is 335 g/mol. The number of rotatable bonds is 7. The maximum Gasteiger partial charge on any atom is 0.216 e. The second kappa shape index (κ2) is 8.70. The van der Waals surface area contributed by atoms with E-state index in [1.165, 1.54) is 0 Å². The lowest BCUT2D eigenvalue weighted by molar-refractivity contribution is 0.303. The summed E-state index contributed by atoms with van der Waals surface area (Å²) >= 11 is 6.15. The number of pyridine rings is 1. The van der Waals surface area contributed by atoms with Gasteiger partial charge in [0.25, 0.3) is 0 Å². The highest BCUT2D eigenvalue weighted by atomic mass is 35.5. The molecule has 2 heterocycles. The molecule has 1 aliphatic heterocycles. The molecule has 1 unspecified atom stereocenters. The zero-order chi connectivity index (χ0) is 16.7. The lowest BCUT2D eigenvalue weighted by atomic mass is 10.1. The lowest BCUT2D eigenvalue weighted by Crippen LogP contribution is -2.30. The highest BCUT2D eigenvalue weighted by molar-refractivity contribution is 6.70. The number of aryl methyl sites for hydroxylation is 1. The molecule has 1 aromatic heterocycles. The number of aromatic nitrogens is 1. The van der Waals surface area contributed by atoms with Gasteiger partial charge in [-0.05, 0) is 38.1 Å². The first-order valence-electron chi connectivity index (χ1n) is 7.75. The van der Waals surface area contributed by atoms with Crippen LogP contribution in [0.25, 0.3) is 0 Å². The van der Waals surface area contributed by atoms with Crippen LogP contribution in [0.2, 0.25) is 0 Å². The Balaban J connectivity index is 1.98. The zero-order valence-corrected chi connectivity index (χ0v) is 14.5. The average Bonchev–Trinajstić information content (AvgIpc) is 2.55. The Hall–Kier alpha value is -1.85. The molecule has 1 aliphatic rings. The topological polar surface area (TPSA) is 58.5 Å². The molecule has 2 rings (SSSR count). The van der Waals surface area contributed by atoms with Gasteiger partial charge in [0.2, 0.25) is 5.88 Å². The van der Waals surface area contributed by atoms with E-state index < -0.39 is 0 Å². The van der Waals surface area contributed by atoms with Gasteiger partial charge in [0.15, 0.2) is 0 Å². The largest absolute Gasteiger partial charge is 0.477 e. The molecule has 6 heteroatoms. The molecule has 0 saturated heterocycles. The van der Waals surface area contributed by atoms with E-state index in [1.807, 2.05) is 32.4 Å². The molecule has 0 aliphatic carbocycles. The molecule has 0 spiro atoms. The van der Waals surface area contributed by atoms with E-state index in [0.717, 1.165) is 23.1 Å². The van der Waals surface area contributed by atoms with Gasteiger partial charge >= 0.3 is 0 Å². The number of aliphatic imine (C=N–C) groups is 1. The summed E-state index contributed by atoms with van der Waals surface area (Å²) in [5, 5.41) is 6.95. The second-order valence-electron chi connectivity index (χ2n) is 5.32. The van der Waals surface area contributed by atoms with Crippen molar-refractivity contribution < 1.29 is 4.74 Å². The van der Waals surface area contributed by atoms with Crippen molar-refractivity contribution in [3.63, 3.8) is 0 Å². The monoisotopic (exact) mass is 334 g/mol. The molecule has 0 amide bonds. The summed E-state index contributed by atoms with van der Waals surface area (Å²) in [7, 11) is 1.89. The normalized spacial score (nSPS) is 18.9. The SMILES string of the molecule is CCCOc1ncc(CN/C=C2/C(Cl)=NC=CC2NC)cc1C. The Labute approximate surface area is 142 Å². The molecule has 1 aromatic rings. The maximum atomic E-state index is 6.15. The molecule has 0 fully saturated rings. The fourth-order valence-corrected chi connectivity index (χ4v) is 2.48. The zero-order valence-electron chi connectivity index (χ0n) is 13.8. The molecule has 124 valence electrons. The number of nitrogens with one attached hydrogen (secondary N) is 2. The first-order chi connectivity index (χ1) is 11.2. The smallest absolute Gasteiger partial charge is 0.216 e. The molecule has 2 N–H and O–H groups in total. The summed E-state index contributed by atoms with van der Waals surface area (Å²) in [5.74, 6) is 0.705. The van der Waals surface area contributed by atoms with Crippen molar-refractivity contribution in [2.45, 2.75) is 32.9 Å².